The molecule has 3 aliphatic carbocycles. The number of fused-ring (bicyclic) bond motifs is 6. The van der Waals surface area contributed by atoms with Crippen molar-refractivity contribution in [3.8, 4) is 0 Å². The van der Waals surface area contributed by atoms with E-state index in [0.717, 1.165) is 47.3 Å². The van der Waals surface area contributed by atoms with Gasteiger partial charge in [0.1, 0.15) is 0 Å². The number of rotatable bonds is 2. The molecule has 0 aliphatic heterocycles. The number of hydrogen-bond donors (Lipinski definition) is 0. The predicted molar refractivity (Wildman–Crippen MR) is 78.3 cm³/mol. The van der Waals surface area contributed by atoms with Gasteiger partial charge in [0.25, 0.3) is 0 Å². The van der Waals surface area contributed by atoms with Crippen LogP contribution in [0.4, 0.5) is 0 Å². The van der Waals surface area contributed by atoms with Crippen LogP contribution in [0.5, 0.6) is 0 Å². The molecule has 3 saturated carbocycles. The summed E-state index contributed by atoms with van der Waals surface area (Å²) in [5.41, 5.74) is 0. The van der Waals surface area contributed by atoms with Crippen molar-refractivity contribution in [3.63, 3.8) is 0 Å². The van der Waals surface area contributed by atoms with Gasteiger partial charge < -0.3 is 0 Å². The summed E-state index contributed by atoms with van der Waals surface area (Å²) in [6.45, 7) is 9.98. The molecule has 0 aromatic rings. The molecule has 0 heteroatoms. The van der Waals surface area contributed by atoms with Crippen LogP contribution >= 0.6 is 0 Å². The largest absolute Gasteiger partial charge is 0.0651 e. The Morgan fingerprint density at radius 2 is 0.889 bits per heavy atom. The first-order valence-corrected chi connectivity index (χ1v) is 8.65. The highest BCUT2D eigenvalue weighted by Gasteiger charge is 2.53. The molecular formula is C18H32. The lowest BCUT2D eigenvalue weighted by molar-refractivity contribution is -0.111. The van der Waals surface area contributed by atoms with Crippen LogP contribution in [0.15, 0.2) is 0 Å². The highest BCUT2D eigenvalue weighted by Crippen LogP contribution is 2.61. The summed E-state index contributed by atoms with van der Waals surface area (Å²) in [6.07, 6.45) is 9.12. The third kappa shape index (κ3) is 1.86. The van der Waals surface area contributed by atoms with Gasteiger partial charge in [-0.05, 0) is 73.0 Å². The molecule has 104 valence electrons. The SMILES string of the molecule is CCC1C2CC(C)CC1C1CC(C)CC2C1CC. The first kappa shape index (κ1) is 13.0. The van der Waals surface area contributed by atoms with Crippen molar-refractivity contribution in [3.05, 3.63) is 0 Å². The first-order chi connectivity index (χ1) is 8.65. The number of hydrogen-bond acceptors (Lipinski definition) is 0. The van der Waals surface area contributed by atoms with Crippen LogP contribution in [-0.2, 0) is 0 Å². The Kier molecular flexibility index (Phi) is 3.49. The standard InChI is InChI=1S/C18H32/c1-5-13-15-7-11(3)8-16(13)18-10-12(4)9-17(15)14(18)6-2/h11-18H,5-10H2,1-4H3. The van der Waals surface area contributed by atoms with E-state index in [4.69, 9.17) is 0 Å². The predicted octanol–water partition coefficient (Wildman–Crippen LogP) is 5.38. The van der Waals surface area contributed by atoms with E-state index in [9.17, 15) is 0 Å². The fourth-order valence-corrected chi connectivity index (χ4v) is 6.57. The summed E-state index contributed by atoms with van der Waals surface area (Å²) < 4.78 is 0. The fraction of sp³-hybridized carbons (Fsp3) is 1.00. The van der Waals surface area contributed by atoms with Gasteiger partial charge >= 0.3 is 0 Å². The third-order valence-electron chi connectivity index (χ3n) is 6.94. The van der Waals surface area contributed by atoms with Crippen LogP contribution in [0.3, 0.4) is 0 Å². The maximum absolute atomic E-state index is 2.53. The van der Waals surface area contributed by atoms with E-state index in [1.807, 2.05) is 0 Å². The maximum atomic E-state index is 2.53. The van der Waals surface area contributed by atoms with Gasteiger partial charge in [0.05, 0.1) is 0 Å². The zero-order chi connectivity index (χ0) is 12.9. The molecule has 0 spiro atoms. The summed E-state index contributed by atoms with van der Waals surface area (Å²) >= 11 is 0. The van der Waals surface area contributed by atoms with Crippen molar-refractivity contribution in [2.24, 2.45) is 47.3 Å². The van der Waals surface area contributed by atoms with Gasteiger partial charge in [-0.2, -0.15) is 0 Å². The minimum Gasteiger partial charge on any atom is -0.0651 e. The van der Waals surface area contributed by atoms with Crippen molar-refractivity contribution in [1.29, 1.82) is 0 Å². The Morgan fingerprint density at radius 1 is 0.611 bits per heavy atom. The van der Waals surface area contributed by atoms with E-state index < -0.39 is 0 Å². The highest BCUT2D eigenvalue weighted by molar-refractivity contribution is 5.02. The second kappa shape index (κ2) is 4.84. The molecule has 4 bridgehead atoms. The van der Waals surface area contributed by atoms with E-state index in [-0.39, 0.29) is 0 Å². The second-order valence-corrected chi connectivity index (χ2v) is 7.95. The molecule has 0 amide bonds. The molecule has 0 saturated heterocycles. The van der Waals surface area contributed by atoms with E-state index >= 15 is 0 Å². The summed E-state index contributed by atoms with van der Waals surface area (Å²) in [6, 6.07) is 0. The lowest BCUT2D eigenvalue weighted by Crippen LogP contribution is -2.53. The highest BCUT2D eigenvalue weighted by atomic mass is 14.6. The Hall–Kier alpha value is 0. The monoisotopic (exact) mass is 248 g/mol. The zero-order valence-corrected chi connectivity index (χ0v) is 12.9. The van der Waals surface area contributed by atoms with Gasteiger partial charge in [0, 0.05) is 0 Å². The molecule has 3 rings (SSSR count). The molecule has 0 heterocycles. The molecule has 0 aromatic carbocycles. The van der Waals surface area contributed by atoms with E-state index in [2.05, 4.69) is 27.7 Å². The molecule has 4 unspecified atom stereocenters. The smallest absolute Gasteiger partial charge is 0.0349 e. The molecule has 0 nitrogen and oxygen atoms in total. The van der Waals surface area contributed by atoms with Crippen LogP contribution in [0.2, 0.25) is 0 Å². The Labute approximate surface area is 114 Å². The lowest BCUT2D eigenvalue weighted by atomic mass is 9.45. The zero-order valence-electron chi connectivity index (χ0n) is 12.9. The van der Waals surface area contributed by atoms with E-state index in [0.29, 0.717) is 0 Å². The van der Waals surface area contributed by atoms with Crippen molar-refractivity contribution >= 4 is 0 Å². The topological polar surface area (TPSA) is 0 Å². The van der Waals surface area contributed by atoms with Crippen LogP contribution in [-0.4, -0.2) is 0 Å². The minimum absolute atomic E-state index is 1.01. The van der Waals surface area contributed by atoms with Gasteiger partial charge in [-0.25, -0.2) is 0 Å². The summed E-state index contributed by atoms with van der Waals surface area (Å²) in [4.78, 5) is 0. The summed E-state index contributed by atoms with van der Waals surface area (Å²) in [7, 11) is 0. The molecule has 0 N–H and O–H groups in total. The average Bonchev–Trinajstić information content (AvgIpc) is 2.35. The second-order valence-electron chi connectivity index (χ2n) is 7.95. The van der Waals surface area contributed by atoms with E-state index in [1.54, 1.807) is 25.7 Å². The first-order valence-electron chi connectivity index (χ1n) is 8.65. The normalized spacial score (nSPS) is 55.3. The van der Waals surface area contributed by atoms with Gasteiger partial charge in [-0.1, -0.05) is 40.5 Å². The van der Waals surface area contributed by atoms with Crippen molar-refractivity contribution < 1.29 is 0 Å². The van der Waals surface area contributed by atoms with Gasteiger partial charge in [0.2, 0.25) is 0 Å². The molecule has 3 aliphatic rings. The Bertz CT molecular complexity index is 240. The Balaban J connectivity index is 1.94. The molecule has 0 aromatic heterocycles. The lowest BCUT2D eigenvalue weighted by Gasteiger charge is -2.60. The molecule has 18 heavy (non-hydrogen) atoms. The maximum Gasteiger partial charge on any atom is -0.0349 e. The molecule has 3 fully saturated rings. The fourth-order valence-electron chi connectivity index (χ4n) is 6.57. The average molecular weight is 248 g/mol. The molecule has 4 atom stereocenters. The third-order valence-corrected chi connectivity index (χ3v) is 6.94. The van der Waals surface area contributed by atoms with Gasteiger partial charge in [-0.15, -0.1) is 0 Å². The molecule has 0 radical (unpaired) electrons. The Morgan fingerprint density at radius 3 is 1.11 bits per heavy atom. The summed E-state index contributed by atoms with van der Waals surface area (Å²) in [5.74, 6) is 8.57. The quantitative estimate of drug-likeness (QED) is 0.615. The van der Waals surface area contributed by atoms with Gasteiger partial charge in [-0.3, -0.25) is 0 Å². The van der Waals surface area contributed by atoms with Crippen LogP contribution in [0.25, 0.3) is 0 Å². The van der Waals surface area contributed by atoms with Crippen molar-refractivity contribution in [2.75, 3.05) is 0 Å². The molecular weight excluding hydrogens is 216 g/mol. The van der Waals surface area contributed by atoms with Gasteiger partial charge in [0.15, 0.2) is 0 Å². The van der Waals surface area contributed by atoms with Crippen molar-refractivity contribution in [1.82, 2.24) is 0 Å². The summed E-state index contributed by atoms with van der Waals surface area (Å²) in [5, 5.41) is 0. The minimum atomic E-state index is 1.01. The van der Waals surface area contributed by atoms with E-state index in [1.165, 1.54) is 12.8 Å². The van der Waals surface area contributed by atoms with Crippen LogP contribution < -0.4 is 0 Å². The van der Waals surface area contributed by atoms with Crippen molar-refractivity contribution in [2.45, 2.75) is 66.2 Å². The van der Waals surface area contributed by atoms with Crippen LogP contribution in [0.1, 0.15) is 66.2 Å². The van der Waals surface area contributed by atoms with Crippen LogP contribution in [0, 0.1) is 47.3 Å².